The number of nitrogens with zero attached hydrogens (tertiary/aromatic N) is 1. The van der Waals surface area contributed by atoms with E-state index in [4.69, 9.17) is 28.9 Å². The second-order valence-corrected chi connectivity index (χ2v) is 6.40. The number of nitrogen functional groups attached to an aromatic ring is 1. The summed E-state index contributed by atoms with van der Waals surface area (Å²) in [6, 6.07) is 2.79. The first kappa shape index (κ1) is 19.1. The molecule has 0 saturated carbocycles. The molecule has 2 N–H and O–H groups in total. The van der Waals surface area contributed by atoms with Crippen molar-refractivity contribution < 1.29 is 22.7 Å². The fraction of sp³-hybridized carbons (Fsp3) is 0.143. The number of methoxy groups -OCH3 is 1. The number of carbonyl (C=O) groups is 1. The Morgan fingerprint density at radius 2 is 1.96 bits per heavy atom. The molecule has 1 aromatic carbocycles. The Morgan fingerprint density at radius 3 is 2.46 bits per heavy atom. The molecule has 0 saturated heterocycles. The van der Waals surface area contributed by atoms with Gasteiger partial charge in [-0.3, -0.25) is 0 Å². The van der Waals surface area contributed by atoms with Gasteiger partial charge in [0, 0.05) is 5.56 Å². The number of rotatable bonds is 2. The van der Waals surface area contributed by atoms with Crippen molar-refractivity contribution in [2.24, 2.45) is 0 Å². The fourth-order valence-electron chi connectivity index (χ4n) is 1.86. The number of nitrogens with two attached hydrogens (primary N) is 1. The Labute approximate surface area is 158 Å². The van der Waals surface area contributed by atoms with Crippen LogP contribution in [0.5, 0.6) is 0 Å². The Morgan fingerprint density at radius 1 is 1.33 bits per heavy atom. The number of halogens is 6. The molecule has 2 rings (SSSR count). The molecule has 10 heteroatoms. The van der Waals surface area contributed by atoms with Crippen molar-refractivity contribution >= 4 is 57.4 Å². The number of benzene rings is 1. The quantitative estimate of drug-likeness (QED) is 0.472. The molecule has 0 spiro atoms. The van der Waals surface area contributed by atoms with Gasteiger partial charge < -0.3 is 10.5 Å². The normalized spacial score (nSPS) is 11.5. The molecule has 1 aromatic heterocycles. The van der Waals surface area contributed by atoms with Crippen molar-refractivity contribution in [1.29, 1.82) is 0 Å². The molecule has 0 bridgehead atoms. The number of hydrogen-bond acceptors (Lipinski definition) is 4. The van der Waals surface area contributed by atoms with Crippen LogP contribution in [0.25, 0.3) is 11.3 Å². The summed E-state index contributed by atoms with van der Waals surface area (Å²) in [7, 11) is 1.14. The van der Waals surface area contributed by atoms with E-state index < -0.39 is 17.7 Å². The summed E-state index contributed by atoms with van der Waals surface area (Å²) in [4.78, 5) is 15.8. The Bertz CT molecular complexity index is 829. The maximum absolute atomic E-state index is 12.7. The Kier molecular flexibility index (Phi) is 5.50. The predicted octanol–water partition coefficient (Wildman–Crippen LogP) is 5.05. The molecule has 0 aliphatic heterocycles. The fourth-order valence-corrected chi connectivity index (χ4v) is 3.18. The largest absolute Gasteiger partial charge is 0.464 e. The second-order valence-electron chi connectivity index (χ2n) is 4.53. The first-order valence-electron chi connectivity index (χ1n) is 6.17. The lowest BCUT2D eigenvalue weighted by molar-refractivity contribution is -0.137. The number of ether oxygens (including phenoxy) is 1. The maximum atomic E-state index is 12.7. The molecule has 0 aliphatic carbocycles. The van der Waals surface area contributed by atoms with Crippen LogP contribution in [0.15, 0.2) is 18.2 Å². The van der Waals surface area contributed by atoms with Crippen LogP contribution in [0.4, 0.5) is 18.9 Å². The van der Waals surface area contributed by atoms with Crippen LogP contribution in [0.2, 0.25) is 10.0 Å². The zero-order valence-corrected chi connectivity index (χ0v) is 15.5. The molecule has 2 aromatic rings. The molecule has 0 unspecified atom stereocenters. The molecule has 0 atom stereocenters. The average Bonchev–Trinajstić information content (AvgIpc) is 2.52. The van der Waals surface area contributed by atoms with Crippen molar-refractivity contribution in [3.05, 3.63) is 43.1 Å². The van der Waals surface area contributed by atoms with E-state index in [1.54, 1.807) is 0 Å². The van der Waals surface area contributed by atoms with Crippen LogP contribution in [0.1, 0.15) is 16.1 Å². The molecule has 24 heavy (non-hydrogen) atoms. The van der Waals surface area contributed by atoms with E-state index >= 15 is 0 Å². The molecule has 128 valence electrons. The zero-order chi connectivity index (χ0) is 18.2. The Balaban J connectivity index is 2.69. The van der Waals surface area contributed by atoms with Crippen molar-refractivity contribution in [1.82, 2.24) is 4.98 Å². The minimum Gasteiger partial charge on any atom is -0.464 e. The number of alkyl halides is 3. The van der Waals surface area contributed by atoms with E-state index in [2.05, 4.69) is 9.72 Å². The minimum absolute atomic E-state index is 0.0543. The third-order valence-corrected chi connectivity index (χ3v) is 4.83. The van der Waals surface area contributed by atoms with Crippen LogP contribution >= 0.6 is 45.8 Å². The predicted molar refractivity (Wildman–Crippen MR) is 93.2 cm³/mol. The minimum atomic E-state index is -4.53. The highest BCUT2D eigenvalue weighted by atomic mass is 127. The van der Waals surface area contributed by atoms with Gasteiger partial charge in [-0.25, -0.2) is 9.78 Å². The van der Waals surface area contributed by atoms with Gasteiger partial charge in [-0.2, -0.15) is 13.2 Å². The standard InChI is InChI=1S/C14H8Cl2F3IN2O2/c1-24-13(23)12-8(16)10(21)9(20)11(22-12)6-3-2-5(4-7(6)15)14(17,18)19/h2-4H,1H3,(H2,21,22). The summed E-state index contributed by atoms with van der Waals surface area (Å²) in [5.74, 6) is -0.826. The summed E-state index contributed by atoms with van der Waals surface area (Å²) in [5, 5.41) is -0.286. The van der Waals surface area contributed by atoms with Crippen molar-refractivity contribution in [2.75, 3.05) is 12.8 Å². The lowest BCUT2D eigenvalue weighted by Crippen LogP contribution is -2.10. The van der Waals surface area contributed by atoms with Crippen LogP contribution in [-0.4, -0.2) is 18.1 Å². The van der Waals surface area contributed by atoms with Crippen LogP contribution in [0, 0.1) is 3.57 Å². The second kappa shape index (κ2) is 6.93. The van der Waals surface area contributed by atoms with Crippen LogP contribution in [0.3, 0.4) is 0 Å². The highest BCUT2D eigenvalue weighted by Gasteiger charge is 2.31. The highest BCUT2D eigenvalue weighted by molar-refractivity contribution is 14.1. The van der Waals surface area contributed by atoms with Gasteiger partial charge in [0.15, 0.2) is 5.69 Å². The molecule has 0 amide bonds. The van der Waals surface area contributed by atoms with Crippen molar-refractivity contribution in [3.8, 4) is 11.3 Å². The molecule has 4 nitrogen and oxygen atoms in total. The number of anilines is 1. The lowest BCUT2D eigenvalue weighted by Gasteiger charge is -2.14. The van der Waals surface area contributed by atoms with Crippen LogP contribution < -0.4 is 5.73 Å². The van der Waals surface area contributed by atoms with Gasteiger partial charge >= 0.3 is 12.1 Å². The average molecular weight is 491 g/mol. The van der Waals surface area contributed by atoms with Gasteiger partial charge in [0.1, 0.15) is 0 Å². The van der Waals surface area contributed by atoms with Gasteiger partial charge in [0.25, 0.3) is 0 Å². The van der Waals surface area contributed by atoms with E-state index in [9.17, 15) is 18.0 Å². The number of pyridine rings is 1. The first-order valence-corrected chi connectivity index (χ1v) is 8.01. The molecule has 1 heterocycles. The molecule has 0 radical (unpaired) electrons. The first-order chi connectivity index (χ1) is 11.1. The van der Waals surface area contributed by atoms with E-state index in [-0.39, 0.29) is 32.7 Å². The van der Waals surface area contributed by atoms with Crippen molar-refractivity contribution in [2.45, 2.75) is 6.18 Å². The number of esters is 1. The number of aromatic nitrogens is 1. The van der Waals surface area contributed by atoms with Crippen LogP contribution in [-0.2, 0) is 10.9 Å². The van der Waals surface area contributed by atoms with Gasteiger partial charge in [-0.05, 0) is 34.7 Å². The molecular weight excluding hydrogens is 483 g/mol. The summed E-state index contributed by atoms with van der Waals surface area (Å²) in [6.45, 7) is 0. The third kappa shape index (κ3) is 3.55. The zero-order valence-electron chi connectivity index (χ0n) is 11.8. The van der Waals surface area contributed by atoms with Gasteiger partial charge in [0.2, 0.25) is 0 Å². The summed E-state index contributed by atoms with van der Waals surface area (Å²) < 4.78 is 43.1. The van der Waals surface area contributed by atoms with Crippen molar-refractivity contribution in [3.63, 3.8) is 0 Å². The number of carbonyl (C=O) groups excluding carboxylic acids is 1. The third-order valence-electron chi connectivity index (χ3n) is 3.04. The molecular formula is C14H8Cl2F3IN2O2. The molecule has 0 aliphatic rings. The van der Waals surface area contributed by atoms with Gasteiger partial charge in [-0.15, -0.1) is 0 Å². The topological polar surface area (TPSA) is 65.2 Å². The summed E-state index contributed by atoms with van der Waals surface area (Å²) in [6.07, 6.45) is -4.53. The smallest absolute Gasteiger partial charge is 0.416 e. The van der Waals surface area contributed by atoms with E-state index in [1.807, 2.05) is 22.6 Å². The SMILES string of the molecule is COC(=O)c1nc(-c2ccc(C(F)(F)F)cc2Cl)c(I)c(N)c1Cl. The Hall–Kier alpha value is -1.26. The molecule has 0 fully saturated rings. The summed E-state index contributed by atoms with van der Waals surface area (Å²) >= 11 is 13.8. The number of hydrogen-bond donors (Lipinski definition) is 1. The highest BCUT2D eigenvalue weighted by Crippen LogP contribution is 2.39. The monoisotopic (exact) mass is 490 g/mol. The van der Waals surface area contributed by atoms with E-state index in [0.717, 1.165) is 25.3 Å². The maximum Gasteiger partial charge on any atom is 0.416 e. The van der Waals surface area contributed by atoms with E-state index in [0.29, 0.717) is 3.57 Å². The van der Waals surface area contributed by atoms with Gasteiger partial charge in [-0.1, -0.05) is 29.3 Å². The lowest BCUT2D eigenvalue weighted by atomic mass is 10.1. The van der Waals surface area contributed by atoms with E-state index in [1.165, 1.54) is 0 Å². The summed E-state index contributed by atoms with van der Waals surface area (Å²) in [5.41, 5.74) is 5.08. The van der Waals surface area contributed by atoms with Gasteiger partial charge in [0.05, 0.1) is 37.7 Å².